The maximum Gasteiger partial charge on any atom is 0.277 e. The van der Waals surface area contributed by atoms with Crippen LogP contribution in [0.5, 0.6) is 0 Å². The summed E-state index contributed by atoms with van der Waals surface area (Å²) >= 11 is 0. The van der Waals surface area contributed by atoms with Crippen molar-refractivity contribution in [3.05, 3.63) is 42.0 Å². The number of amides is 1. The van der Waals surface area contributed by atoms with Gasteiger partial charge in [0.15, 0.2) is 5.69 Å². The molecular weight excluding hydrogens is 370 g/mol. The van der Waals surface area contributed by atoms with E-state index in [1.54, 1.807) is 29.9 Å². The van der Waals surface area contributed by atoms with E-state index in [2.05, 4.69) is 31.1 Å². The minimum atomic E-state index is -0.299. The Labute approximate surface area is 161 Å². The SMILES string of the molecule is Cc1nc(-c2cccc(NC(=O)c3cn(C4CCNCC4)nn3)c2)no1.Cl. The summed E-state index contributed by atoms with van der Waals surface area (Å²) in [6.45, 7) is 3.64. The fourth-order valence-electron chi connectivity index (χ4n) is 2.98. The highest BCUT2D eigenvalue weighted by molar-refractivity contribution is 6.02. The van der Waals surface area contributed by atoms with Gasteiger partial charge < -0.3 is 15.2 Å². The van der Waals surface area contributed by atoms with Crippen LogP contribution < -0.4 is 10.6 Å². The molecule has 2 aromatic heterocycles. The fraction of sp³-hybridized carbons (Fsp3) is 0.353. The lowest BCUT2D eigenvalue weighted by molar-refractivity contribution is 0.102. The quantitative estimate of drug-likeness (QED) is 0.703. The fourth-order valence-corrected chi connectivity index (χ4v) is 2.98. The van der Waals surface area contributed by atoms with Crippen LogP contribution >= 0.6 is 12.4 Å². The van der Waals surface area contributed by atoms with Crippen molar-refractivity contribution < 1.29 is 9.32 Å². The molecule has 0 radical (unpaired) electrons. The number of aryl methyl sites for hydroxylation is 1. The van der Waals surface area contributed by atoms with E-state index < -0.39 is 0 Å². The summed E-state index contributed by atoms with van der Waals surface area (Å²) in [7, 11) is 0. The normalized spacial score (nSPS) is 14.6. The van der Waals surface area contributed by atoms with Gasteiger partial charge in [0.2, 0.25) is 11.7 Å². The predicted octanol–water partition coefficient (Wildman–Crippen LogP) is 2.24. The molecule has 3 aromatic rings. The second kappa shape index (κ2) is 8.28. The number of halogens is 1. The molecule has 10 heteroatoms. The number of nitrogens with zero attached hydrogens (tertiary/aromatic N) is 5. The molecule has 4 rings (SSSR count). The molecule has 2 N–H and O–H groups in total. The van der Waals surface area contributed by atoms with E-state index in [0.29, 0.717) is 23.1 Å². The maximum atomic E-state index is 12.5. The number of carbonyl (C=O) groups excluding carboxylic acids is 1. The van der Waals surface area contributed by atoms with Gasteiger partial charge in [-0.1, -0.05) is 22.5 Å². The van der Waals surface area contributed by atoms with Gasteiger partial charge in [0.25, 0.3) is 5.91 Å². The Kier molecular flexibility index (Phi) is 5.82. The number of anilines is 1. The zero-order valence-corrected chi connectivity index (χ0v) is 15.6. The highest BCUT2D eigenvalue weighted by atomic mass is 35.5. The molecule has 1 aliphatic heterocycles. The summed E-state index contributed by atoms with van der Waals surface area (Å²) in [5.74, 6) is 0.672. The number of hydrogen-bond donors (Lipinski definition) is 2. The summed E-state index contributed by atoms with van der Waals surface area (Å²) in [5, 5.41) is 18.2. The molecule has 3 heterocycles. The molecule has 27 heavy (non-hydrogen) atoms. The molecule has 0 atom stereocenters. The lowest BCUT2D eigenvalue weighted by Crippen LogP contribution is -2.29. The number of nitrogens with one attached hydrogen (secondary N) is 2. The van der Waals surface area contributed by atoms with Gasteiger partial charge in [0, 0.05) is 18.2 Å². The van der Waals surface area contributed by atoms with Gasteiger partial charge in [0.1, 0.15) is 0 Å². The van der Waals surface area contributed by atoms with Crippen LogP contribution in [0.15, 0.2) is 35.0 Å². The van der Waals surface area contributed by atoms with Crippen LogP contribution in [-0.4, -0.2) is 44.1 Å². The van der Waals surface area contributed by atoms with Crippen LogP contribution in [0.1, 0.15) is 35.3 Å². The highest BCUT2D eigenvalue weighted by Crippen LogP contribution is 2.21. The van der Waals surface area contributed by atoms with E-state index in [-0.39, 0.29) is 24.4 Å². The molecule has 1 amide bonds. The third-order valence-corrected chi connectivity index (χ3v) is 4.33. The van der Waals surface area contributed by atoms with Gasteiger partial charge in [-0.2, -0.15) is 4.98 Å². The average Bonchev–Trinajstić information content (AvgIpc) is 3.32. The Morgan fingerprint density at radius 1 is 1.33 bits per heavy atom. The van der Waals surface area contributed by atoms with Crippen molar-refractivity contribution >= 4 is 24.0 Å². The molecule has 1 aliphatic rings. The first kappa shape index (κ1) is 19.0. The number of piperidine rings is 1. The van der Waals surface area contributed by atoms with Crippen LogP contribution in [0, 0.1) is 6.92 Å². The number of rotatable bonds is 4. The number of hydrogen-bond acceptors (Lipinski definition) is 7. The Morgan fingerprint density at radius 3 is 2.89 bits per heavy atom. The average molecular weight is 390 g/mol. The first-order valence-electron chi connectivity index (χ1n) is 8.54. The third kappa shape index (κ3) is 4.32. The first-order valence-corrected chi connectivity index (χ1v) is 8.54. The molecule has 142 valence electrons. The molecule has 1 aromatic carbocycles. The highest BCUT2D eigenvalue weighted by Gasteiger charge is 2.19. The van der Waals surface area contributed by atoms with Crippen LogP contribution in [0.2, 0.25) is 0 Å². The van der Waals surface area contributed by atoms with E-state index in [0.717, 1.165) is 31.5 Å². The van der Waals surface area contributed by atoms with E-state index in [1.165, 1.54) is 0 Å². The van der Waals surface area contributed by atoms with Gasteiger partial charge in [0.05, 0.1) is 12.2 Å². The van der Waals surface area contributed by atoms with Gasteiger partial charge in [-0.05, 0) is 38.1 Å². The lowest BCUT2D eigenvalue weighted by atomic mass is 10.1. The summed E-state index contributed by atoms with van der Waals surface area (Å²) < 4.78 is 6.78. The van der Waals surface area contributed by atoms with E-state index >= 15 is 0 Å². The molecule has 1 saturated heterocycles. The molecule has 1 fully saturated rings. The van der Waals surface area contributed by atoms with Gasteiger partial charge >= 0.3 is 0 Å². The third-order valence-electron chi connectivity index (χ3n) is 4.33. The Hall–Kier alpha value is -2.78. The Balaban J connectivity index is 0.00000210. The minimum absolute atomic E-state index is 0. The topological polar surface area (TPSA) is 111 Å². The Morgan fingerprint density at radius 2 is 2.15 bits per heavy atom. The second-order valence-corrected chi connectivity index (χ2v) is 6.24. The zero-order chi connectivity index (χ0) is 17.9. The van der Waals surface area contributed by atoms with Gasteiger partial charge in [-0.15, -0.1) is 17.5 Å². The van der Waals surface area contributed by atoms with Crippen molar-refractivity contribution in [1.82, 2.24) is 30.5 Å². The van der Waals surface area contributed by atoms with Crippen LogP contribution in [0.4, 0.5) is 5.69 Å². The van der Waals surface area contributed by atoms with Crippen LogP contribution in [0.3, 0.4) is 0 Å². The second-order valence-electron chi connectivity index (χ2n) is 6.24. The summed E-state index contributed by atoms with van der Waals surface area (Å²) in [5.41, 5.74) is 1.69. The standard InChI is InChI=1S/C17H19N7O2.ClH/c1-11-19-16(22-26-11)12-3-2-4-13(9-12)20-17(25)15-10-24(23-21-15)14-5-7-18-8-6-14;/h2-4,9-10,14,18H,5-8H2,1H3,(H,20,25);1H. The summed E-state index contributed by atoms with van der Waals surface area (Å²) in [4.78, 5) is 16.7. The van der Waals surface area contributed by atoms with Crippen molar-refractivity contribution in [2.75, 3.05) is 18.4 Å². The first-order chi connectivity index (χ1) is 12.7. The summed E-state index contributed by atoms with van der Waals surface area (Å²) in [6, 6.07) is 7.55. The largest absolute Gasteiger partial charge is 0.339 e. The van der Waals surface area contributed by atoms with Crippen molar-refractivity contribution in [2.45, 2.75) is 25.8 Å². The molecule has 0 aliphatic carbocycles. The molecule has 0 unspecified atom stereocenters. The molecule has 0 spiro atoms. The van der Waals surface area contributed by atoms with Crippen molar-refractivity contribution in [2.24, 2.45) is 0 Å². The zero-order valence-electron chi connectivity index (χ0n) is 14.8. The van der Waals surface area contributed by atoms with Gasteiger partial charge in [-0.3, -0.25) is 4.79 Å². The molecular formula is C17H20ClN7O2. The predicted molar refractivity (Wildman–Crippen MR) is 101 cm³/mol. The molecule has 0 bridgehead atoms. The number of aromatic nitrogens is 5. The van der Waals surface area contributed by atoms with E-state index in [1.807, 2.05) is 12.1 Å². The summed E-state index contributed by atoms with van der Waals surface area (Å²) in [6.07, 6.45) is 3.67. The monoisotopic (exact) mass is 389 g/mol. The van der Waals surface area contributed by atoms with E-state index in [4.69, 9.17) is 4.52 Å². The number of carbonyl (C=O) groups is 1. The number of benzene rings is 1. The minimum Gasteiger partial charge on any atom is -0.339 e. The van der Waals surface area contributed by atoms with E-state index in [9.17, 15) is 4.79 Å². The van der Waals surface area contributed by atoms with Crippen molar-refractivity contribution in [3.8, 4) is 11.4 Å². The molecule has 0 saturated carbocycles. The van der Waals surface area contributed by atoms with Gasteiger partial charge in [-0.25, -0.2) is 4.68 Å². The van der Waals surface area contributed by atoms with Crippen molar-refractivity contribution in [1.29, 1.82) is 0 Å². The van der Waals surface area contributed by atoms with Crippen LogP contribution in [0.25, 0.3) is 11.4 Å². The lowest BCUT2D eigenvalue weighted by Gasteiger charge is -2.22. The Bertz CT molecular complexity index is 917. The van der Waals surface area contributed by atoms with Crippen LogP contribution in [-0.2, 0) is 0 Å². The molecule has 9 nitrogen and oxygen atoms in total. The maximum absolute atomic E-state index is 12.5. The van der Waals surface area contributed by atoms with Crippen molar-refractivity contribution in [3.63, 3.8) is 0 Å². The smallest absolute Gasteiger partial charge is 0.277 e.